The summed E-state index contributed by atoms with van der Waals surface area (Å²) in [6.07, 6.45) is 2.01. The van der Waals surface area contributed by atoms with E-state index in [1.165, 1.54) is 6.20 Å². The van der Waals surface area contributed by atoms with Gasteiger partial charge in [0.15, 0.2) is 11.7 Å². The van der Waals surface area contributed by atoms with Crippen molar-refractivity contribution in [1.29, 1.82) is 0 Å². The first-order valence-corrected chi connectivity index (χ1v) is 6.50. The predicted molar refractivity (Wildman–Crippen MR) is 73.3 cm³/mol. The molecule has 0 fully saturated rings. The quantitative estimate of drug-likeness (QED) is 0.930. The fraction of sp³-hybridized carbons (Fsp3) is 0.400. The summed E-state index contributed by atoms with van der Waals surface area (Å²) in [4.78, 5) is 4.09. The summed E-state index contributed by atoms with van der Waals surface area (Å²) in [6, 6.07) is 3.25. The van der Waals surface area contributed by atoms with Crippen molar-refractivity contribution in [3.8, 4) is 11.3 Å². The maximum atomic E-state index is 13.6. The Morgan fingerprint density at radius 2 is 2.00 bits per heavy atom. The fourth-order valence-electron chi connectivity index (χ4n) is 1.78. The first kappa shape index (κ1) is 14.7. The summed E-state index contributed by atoms with van der Waals surface area (Å²) in [5, 5.41) is 3.31. The normalized spacial score (nSPS) is 11.8. The molecule has 0 aliphatic carbocycles. The highest BCUT2D eigenvalue weighted by atomic mass is 19.1. The highest BCUT2D eigenvalue weighted by Gasteiger charge is 2.13. The molecule has 0 atom stereocenters. The number of oxazole rings is 1. The lowest BCUT2D eigenvalue weighted by molar-refractivity contribution is 0.411. The third-order valence-corrected chi connectivity index (χ3v) is 2.74. The molecule has 0 bridgehead atoms. The van der Waals surface area contributed by atoms with Gasteiger partial charge < -0.3 is 9.73 Å². The maximum Gasteiger partial charge on any atom is 0.196 e. The largest absolute Gasteiger partial charge is 0.441 e. The Hall–Kier alpha value is -1.75. The molecule has 20 heavy (non-hydrogen) atoms. The highest BCUT2D eigenvalue weighted by Crippen LogP contribution is 2.24. The van der Waals surface area contributed by atoms with E-state index in [-0.39, 0.29) is 16.9 Å². The van der Waals surface area contributed by atoms with Crippen molar-refractivity contribution in [1.82, 2.24) is 10.3 Å². The van der Waals surface area contributed by atoms with Gasteiger partial charge in [0.25, 0.3) is 0 Å². The second-order valence-electron chi connectivity index (χ2n) is 5.67. The van der Waals surface area contributed by atoms with Gasteiger partial charge in [0.1, 0.15) is 11.6 Å². The lowest BCUT2D eigenvalue weighted by atomic mass is 10.1. The average Bonchev–Trinajstić information content (AvgIpc) is 2.79. The third-order valence-electron chi connectivity index (χ3n) is 2.74. The van der Waals surface area contributed by atoms with Gasteiger partial charge in [-0.3, -0.25) is 0 Å². The number of hydrogen-bond donors (Lipinski definition) is 1. The van der Waals surface area contributed by atoms with E-state index in [1.54, 1.807) is 0 Å². The van der Waals surface area contributed by atoms with Gasteiger partial charge >= 0.3 is 0 Å². The SMILES string of the molecule is CC(C)(C)NCCc1ncc(-c2cc(F)ccc2F)o1. The first-order chi connectivity index (χ1) is 9.35. The van der Waals surface area contributed by atoms with Crippen molar-refractivity contribution < 1.29 is 13.2 Å². The molecule has 0 amide bonds. The molecule has 0 saturated heterocycles. The number of nitrogens with zero attached hydrogens (tertiary/aromatic N) is 1. The van der Waals surface area contributed by atoms with Gasteiger partial charge in [-0.1, -0.05) is 0 Å². The molecule has 0 aliphatic heterocycles. The summed E-state index contributed by atoms with van der Waals surface area (Å²) >= 11 is 0. The minimum absolute atomic E-state index is 0.0179. The standard InChI is InChI=1S/C15H18F2N2O/c1-15(2,3)19-7-6-14-18-9-13(20-14)11-8-10(16)4-5-12(11)17/h4-5,8-9,19H,6-7H2,1-3H3. The Morgan fingerprint density at radius 1 is 1.25 bits per heavy atom. The van der Waals surface area contributed by atoms with Gasteiger partial charge in [-0.25, -0.2) is 13.8 Å². The molecule has 108 valence electrons. The molecule has 1 N–H and O–H groups in total. The molecule has 1 aromatic carbocycles. The molecule has 3 nitrogen and oxygen atoms in total. The Kier molecular flexibility index (Phi) is 4.18. The van der Waals surface area contributed by atoms with Crippen LogP contribution in [-0.2, 0) is 6.42 Å². The van der Waals surface area contributed by atoms with Crippen molar-refractivity contribution in [3.05, 3.63) is 41.9 Å². The van der Waals surface area contributed by atoms with Gasteiger partial charge in [0, 0.05) is 18.5 Å². The van der Waals surface area contributed by atoms with Crippen LogP contribution in [0.3, 0.4) is 0 Å². The molecule has 1 aromatic heterocycles. The monoisotopic (exact) mass is 280 g/mol. The number of hydrogen-bond acceptors (Lipinski definition) is 3. The zero-order chi connectivity index (χ0) is 14.8. The summed E-state index contributed by atoms with van der Waals surface area (Å²) in [5.41, 5.74) is 0.108. The van der Waals surface area contributed by atoms with Crippen LogP contribution in [0.15, 0.2) is 28.8 Å². The second-order valence-corrected chi connectivity index (χ2v) is 5.67. The first-order valence-electron chi connectivity index (χ1n) is 6.50. The number of nitrogens with one attached hydrogen (secondary N) is 1. The fourth-order valence-corrected chi connectivity index (χ4v) is 1.78. The molecule has 0 unspecified atom stereocenters. The predicted octanol–water partition coefficient (Wildman–Crippen LogP) is 3.55. The second kappa shape index (κ2) is 5.71. The lowest BCUT2D eigenvalue weighted by Gasteiger charge is -2.19. The van der Waals surface area contributed by atoms with E-state index in [2.05, 4.69) is 31.1 Å². The molecule has 0 spiro atoms. The molecule has 0 radical (unpaired) electrons. The summed E-state index contributed by atoms with van der Waals surface area (Å²) in [5.74, 6) is -0.288. The molecule has 1 heterocycles. The van der Waals surface area contributed by atoms with Crippen LogP contribution in [0.4, 0.5) is 8.78 Å². The van der Waals surface area contributed by atoms with E-state index in [9.17, 15) is 8.78 Å². The van der Waals surface area contributed by atoms with Crippen LogP contribution in [0.2, 0.25) is 0 Å². The van der Waals surface area contributed by atoms with Crippen molar-refractivity contribution in [2.45, 2.75) is 32.7 Å². The zero-order valence-electron chi connectivity index (χ0n) is 11.8. The van der Waals surface area contributed by atoms with E-state index in [0.717, 1.165) is 18.2 Å². The number of benzene rings is 1. The van der Waals surface area contributed by atoms with E-state index < -0.39 is 11.6 Å². The van der Waals surface area contributed by atoms with Gasteiger partial charge in [-0.05, 0) is 39.0 Å². The van der Waals surface area contributed by atoms with Gasteiger partial charge in [0.2, 0.25) is 0 Å². The maximum absolute atomic E-state index is 13.6. The van der Waals surface area contributed by atoms with Crippen LogP contribution < -0.4 is 5.32 Å². The van der Waals surface area contributed by atoms with E-state index >= 15 is 0 Å². The smallest absolute Gasteiger partial charge is 0.196 e. The van der Waals surface area contributed by atoms with E-state index in [4.69, 9.17) is 4.42 Å². The van der Waals surface area contributed by atoms with Crippen LogP contribution in [0, 0.1) is 11.6 Å². The average molecular weight is 280 g/mol. The van der Waals surface area contributed by atoms with Gasteiger partial charge in [-0.2, -0.15) is 0 Å². The number of rotatable bonds is 4. The van der Waals surface area contributed by atoms with Gasteiger partial charge in [-0.15, -0.1) is 0 Å². The van der Waals surface area contributed by atoms with Gasteiger partial charge in [0.05, 0.1) is 11.8 Å². The highest BCUT2D eigenvalue weighted by molar-refractivity contribution is 5.57. The molecule has 2 aromatic rings. The van der Waals surface area contributed by atoms with Crippen molar-refractivity contribution >= 4 is 0 Å². The Bertz CT molecular complexity index is 588. The lowest BCUT2D eigenvalue weighted by Crippen LogP contribution is -2.37. The molecular weight excluding hydrogens is 262 g/mol. The van der Waals surface area contributed by atoms with Crippen molar-refractivity contribution in [2.75, 3.05) is 6.54 Å². The number of halogens is 2. The Labute approximate surface area is 117 Å². The third kappa shape index (κ3) is 3.87. The molecule has 2 rings (SSSR count). The summed E-state index contributed by atoms with van der Waals surface area (Å²) in [7, 11) is 0. The topological polar surface area (TPSA) is 38.1 Å². The van der Waals surface area contributed by atoms with E-state index in [0.29, 0.717) is 18.9 Å². The molecular formula is C15H18F2N2O. The minimum Gasteiger partial charge on any atom is -0.441 e. The van der Waals surface area contributed by atoms with Crippen LogP contribution in [0.1, 0.15) is 26.7 Å². The van der Waals surface area contributed by atoms with Crippen molar-refractivity contribution in [2.24, 2.45) is 0 Å². The summed E-state index contributed by atoms with van der Waals surface area (Å²) in [6.45, 7) is 6.90. The summed E-state index contributed by atoms with van der Waals surface area (Å²) < 4.78 is 32.2. The van der Waals surface area contributed by atoms with E-state index in [1.807, 2.05) is 0 Å². The molecule has 0 saturated carbocycles. The molecule has 5 heteroatoms. The van der Waals surface area contributed by atoms with Crippen LogP contribution in [0.5, 0.6) is 0 Å². The molecule has 0 aliphatic rings. The zero-order valence-corrected chi connectivity index (χ0v) is 11.8. The minimum atomic E-state index is -0.526. The Balaban J connectivity index is 2.07. The van der Waals surface area contributed by atoms with Crippen LogP contribution >= 0.6 is 0 Å². The van der Waals surface area contributed by atoms with Crippen LogP contribution in [0.25, 0.3) is 11.3 Å². The Morgan fingerprint density at radius 3 is 2.70 bits per heavy atom. The van der Waals surface area contributed by atoms with Crippen LogP contribution in [-0.4, -0.2) is 17.1 Å². The van der Waals surface area contributed by atoms with Crippen molar-refractivity contribution in [3.63, 3.8) is 0 Å². The number of aromatic nitrogens is 1.